The van der Waals surface area contributed by atoms with E-state index in [2.05, 4.69) is 10.1 Å². The summed E-state index contributed by atoms with van der Waals surface area (Å²) in [5, 5.41) is 15.3. The van der Waals surface area contributed by atoms with Crippen LogP contribution >= 0.6 is 11.3 Å². The van der Waals surface area contributed by atoms with E-state index in [-0.39, 0.29) is 10.4 Å². The van der Waals surface area contributed by atoms with Crippen LogP contribution in [0.15, 0.2) is 41.8 Å². The number of hydrogen-bond acceptors (Lipinski definition) is 5. The summed E-state index contributed by atoms with van der Waals surface area (Å²) in [4.78, 5) is 24.7. The normalized spacial score (nSPS) is 24.7. The van der Waals surface area contributed by atoms with Gasteiger partial charge in [-0.1, -0.05) is 24.3 Å². The van der Waals surface area contributed by atoms with Crippen molar-refractivity contribution in [1.29, 1.82) is 0 Å². The minimum atomic E-state index is -5.45. The number of halogens is 5. The molecule has 0 spiro atoms. The number of benzene rings is 1. The van der Waals surface area contributed by atoms with Gasteiger partial charge < -0.3 is 20.5 Å². The van der Waals surface area contributed by atoms with Crippen LogP contribution in [0.1, 0.15) is 21.3 Å². The minimum absolute atomic E-state index is 0.118. The van der Waals surface area contributed by atoms with Gasteiger partial charge in [-0.05, 0) is 17.5 Å². The summed E-state index contributed by atoms with van der Waals surface area (Å²) in [6.45, 7) is -3.30. The average Bonchev–Trinajstić information content (AvgIpc) is 3.14. The maximum Gasteiger partial charge on any atom is 0.437 e. The molecule has 6 nitrogen and oxygen atoms in total. The fourth-order valence-corrected chi connectivity index (χ4v) is 3.82. The van der Waals surface area contributed by atoms with E-state index in [1.165, 1.54) is 35.0 Å². The van der Waals surface area contributed by atoms with E-state index < -0.39 is 48.0 Å². The highest BCUT2D eigenvalue weighted by atomic mass is 32.1. The third-order valence-corrected chi connectivity index (χ3v) is 5.21. The van der Waals surface area contributed by atoms with Gasteiger partial charge in [-0.3, -0.25) is 4.79 Å². The predicted molar refractivity (Wildman–Crippen MR) is 90.6 cm³/mol. The molecule has 2 aromatic rings. The number of urea groups is 1. The number of ketones is 1. The van der Waals surface area contributed by atoms with Crippen LogP contribution in [0.25, 0.3) is 0 Å². The topological polar surface area (TPSA) is 87.7 Å². The number of rotatable bonds is 5. The van der Waals surface area contributed by atoms with Gasteiger partial charge in [0.05, 0.1) is 10.9 Å². The number of hydrogen-bond donors (Lipinski definition) is 3. The Bertz CT molecular complexity index is 905. The molecule has 1 aromatic heterocycles. The second-order valence-corrected chi connectivity index (χ2v) is 7.02. The number of carbonyl (C=O) groups is 2. The van der Waals surface area contributed by atoms with Gasteiger partial charge in [0.2, 0.25) is 5.72 Å². The van der Waals surface area contributed by atoms with Crippen molar-refractivity contribution >= 4 is 23.2 Å². The summed E-state index contributed by atoms with van der Waals surface area (Å²) in [5.74, 6) is -3.99. The van der Waals surface area contributed by atoms with Crippen LogP contribution in [-0.4, -0.2) is 35.4 Å². The molecule has 3 N–H and O–H groups in total. The molecule has 0 saturated carbocycles. The smallest absolute Gasteiger partial charge is 0.434 e. The molecule has 1 aliphatic heterocycles. The molecule has 1 aliphatic rings. The predicted octanol–water partition coefficient (Wildman–Crippen LogP) is 3.45. The van der Waals surface area contributed by atoms with Crippen LogP contribution in [0.3, 0.4) is 0 Å². The largest absolute Gasteiger partial charge is 0.437 e. The molecule has 12 heteroatoms. The van der Waals surface area contributed by atoms with Crippen molar-refractivity contribution < 1.29 is 41.4 Å². The van der Waals surface area contributed by atoms with Crippen molar-refractivity contribution in [3.05, 3.63) is 52.2 Å². The maximum absolute atomic E-state index is 13.8. The van der Waals surface area contributed by atoms with E-state index in [0.717, 1.165) is 23.5 Å². The Morgan fingerprint density at radius 1 is 1.21 bits per heavy atom. The minimum Gasteiger partial charge on any atom is -0.434 e. The van der Waals surface area contributed by atoms with Crippen molar-refractivity contribution in [2.75, 3.05) is 0 Å². The zero-order chi connectivity index (χ0) is 21.4. The first kappa shape index (κ1) is 21.0. The number of para-hydroxylation sites is 1. The number of thiophene rings is 1. The number of carbonyl (C=O) groups excluding carboxylic acids is 2. The third-order valence-electron chi connectivity index (χ3n) is 4.32. The molecule has 3 atom stereocenters. The Morgan fingerprint density at radius 2 is 1.90 bits per heavy atom. The first-order valence-electron chi connectivity index (χ1n) is 8.04. The molecule has 2 heterocycles. The molecule has 0 aliphatic carbocycles. The SMILES string of the molecule is O=C1N[C@@H](c2ccccc2OC(F)F)[C@H](C(=O)c2cccs2)[C@](O)(C(F)(F)F)N1. The van der Waals surface area contributed by atoms with Gasteiger partial charge in [0.15, 0.2) is 5.78 Å². The first-order valence-corrected chi connectivity index (χ1v) is 8.92. The number of ether oxygens (including phenoxy) is 1. The number of aliphatic hydroxyl groups is 1. The highest BCUT2D eigenvalue weighted by Crippen LogP contribution is 2.46. The highest BCUT2D eigenvalue weighted by molar-refractivity contribution is 7.12. The number of alkyl halides is 5. The van der Waals surface area contributed by atoms with Crippen molar-refractivity contribution in [2.45, 2.75) is 24.6 Å². The van der Waals surface area contributed by atoms with Crippen molar-refractivity contribution in [3.63, 3.8) is 0 Å². The van der Waals surface area contributed by atoms with E-state index >= 15 is 0 Å². The fourth-order valence-electron chi connectivity index (χ4n) is 3.11. The van der Waals surface area contributed by atoms with Crippen LogP contribution in [0, 0.1) is 5.92 Å². The van der Waals surface area contributed by atoms with Gasteiger partial charge >= 0.3 is 18.8 Å². The molecule has 156 valence electrons. The molecular weight excluding hydrogens is 423 g/mol. The highest BCUT2D eigenvalue weighted by Gasteiger charge is 2.66. The first-order chi connectivity index (χ1) is 13.5. The molecule has 3 rings (SSSR count). The lowest BCUT2D eigenvalue weighted by atomic mass is 9.78. The van der Waals surface area contributed by atoms with Crippen LogP contribution in [-0.2, 0) is 0 Å². The van der Waals surface area contributed by atoms with Crippen LogP contribution < -0.4 is 15.4 Å². The standard InChI is InChI=1S/C17H13F5N2O4S/c18-14(19)28-9-5-2-1-4-8(9)12-11(13(25)10-6-3-7-29-10)16(27,17(20,21)22)24-15(26)23-12/h1-7,11-12,14,27H,(H2,23,24,26)/t11-,12+,16+/m1/s1. The van der Waals surface area contributed by atoms with Gasteiger partial charge in [0.1, 0.15) is 11.7 Å². The molecule has 0 unspecified atom stereocenters. The molecule has 1 aromatic carbocycles. The number of Topliss-reactive ketones (excluding diaryl/α,β-unsaturated/α-hetero) is 1. The summed E-state index contributed by atoms with van der Waals surface area (Å²) >= 11 is 0.829. The number of amides is 2. The van der Waals surface area contributed by atoms with Crippen LogP contribution in [0.2, 0.25) is 0 Å². The zero-order valence-electron chi connectivity index (χ0n) is 14.2. The van der Waals surface area contributed by atoms with Gasteiger partial charge in [-0.15, -0.1) is 11.3 Å². The molecule has 1 saturated heterocycles. The Morgan fingerprint density at radius 3 is 2.48 bits per heavy atom. The Balaban J connectivity index is 2.18. The van der Waals surface area contributed by atoms with E-state index in [9.17, 15) is 36.6 Å². The lowest BCUT2D eigenvalue weighted by Crippen LogP contribution is -2.72. The quantitative estimate of drug-likeness (QED) is 0.495. The molecule has 29 heavy (non-hydrogen) atoms. The summed E-state index contributed by atoms with van der Waals surface area (Å²) in [6, 6.07) is 4.20. The van der Waals surface area contributed by atoms with E-state index in [1.54, 1.807) is 0 Å². The van der Waals surface area contributed by atoms with Crippen LogP contribution in [0.5, 0.6) is 5.75 Å². The van der Waals surface area contributed by atoms with E-state index in [1.807, 2.05) is 0 Å². The maximum atomic E-state index is 13.8. The van der Waals surface area contributed by atoms with E-state index in [0.29, 0.717) is 0 Å². The summed E-state index contributed by atoms with van der Waals surface area (Å²) < 4.78 is 71.1. The van der Waals surface area contributed by atoms with Gasteiger partial charge in [0, 0.05) is 5.56 Å². The number of nitrogens with one attached hydrogen (secondary N) is 2. The summed E-state index contributed by atoms with van der Waals surface area (Å²) in [6.07, 6.45) is -5.45. The molecule has 2 amide bonds. The summed E-state index contributed by atoms with van der Waals surface area (Å²) in [5.41, 5.74) is -4.26. The van der Waals surface area contributed by atoms with Gasteiger partial charge in [0.25, 0.3) is 0 Å². The lowest BCUT2D eigenvalue weighted by molar-refractivity contribution is -0.287. The monoisotopic (exact) mass is 436 g/mol. The van der Waals surface area contributed by atoms with Crippen molar-refractivity contribution in [2.24, 2.45) is 5.92 Å². The fraction of sp³-hybridized carbons (Fsp3) is 0.294. The second kappa shape index (κ2) is 7.59. The Labute approximate surface area is 164 Å². The second-order valence-electron chi connectivity index (χ2n) is 6.08. The molecular formula is C17H13F5N2O4S. The Hall–Kier alpha value is -2.73. The van der Waals surface area contributed by atoms with Gasteiger partial charge in [-0.2, -0.15) is 22.0 Å². The zero-order valence-corrected chi connectivity index (χ0v) is 15.1. The van der Waals surface area contributed by atoms with Crippen LogP contribution in [0.4, 0.5) is 26.7 Å². The van der Waals surface area contributed by atoms with Crippen molar-refractivity contribution in [1.82, 2.24) is 10.6 Å². The average molecular weight is 436 g/mol. The molecule has 0 radical (unpaired) electrons. The van der Waals surface area contributed by atoms with E-state index in [4.69, 9.17) is 0 Å². The van der Waals surface area contributed by atoms with Crippen molar-refractivity contribution in [3.8, 4) is 5.75 Å². The molecule has 0 bridgehead atoms. The molecule has 1 fully saturated rings. The van der Waals surface area contributed by atoms with Gasteiger partial charge in [-0.25, -0.2) is 4.79 Å². The third kappa shape index (κ3) is 3.90. The summed E-state index contributed by atoms with van der Waals surface area (Å²) in [7, 11) is 0. The Kier molecular flexibility index (Phi) is 5.50. The lowest BCUT2D eigenvalue weighted by Gasteiger charge is -2.45.